The lowest BCUT2D eigenvalue weighted by Crippen LogP contribution is -2.25. The van der Waals surface area contributed by atoms with Crippen molar-refractivity contribution in [3.8, 4) is 0 Å². The number of hydrogen-bond acceptors (Lipinski definition) is 2. The van der Waals surface area contributed by atoms with Crippen LogP contribution in [-0.4, -0.2) is 11.5 Å². The average molecular weight is 355 g/mol. The Kier molecular flexibility index (Phi) is 5.42. The highest BCUT2D eigenvalue weighted by atomic mass is 79.9. The summed E-state index contributed by atoms with van der Waals surface area (Å²) in [5.41, 5.74) is 1.45. The van der Waals surface area contributed by atoms with Crippen LogP contribution in [0, 0.1) is 18.6 Å². The molecule has 21 heavy (non-hydrogen) atoms. The standard InChI is InChI=1S/C16H17BrF2N2/c1-3-21-14(7-11-6-12(17)9-20-8-11)15-13(18)5-4-10(2)16(15)19/h4-6,8-9,14,21H,3,7H2,1-2H3. The van der Waals surface area contributed by atoms with Crippen LogP contribution >= 0.6 is 15.9 Å². The van der Waals surface area contributed by atoms with E-state index < -0.39 is 17.7 Å². The van der Waals surface area contributed by atoms with Gasteiger partial charge in [-0.05, 0) is 59.1 Å². The summed E-state index contributed by atoms with van der Waals surface area (Å²) >= 11 is 3.36. The van der Waals surface area contributed by atoms with Crippen molar-refractivity contribution in [2.75, 3.05) is 6.54 Å². The number of nitrogens with zero attached hydrogens (tertiary/aromatic N) is 1. The number of benzene rings is 1. The molecule has 1 heterocycles. The number of nitrogens with one attached hydrogen (secondary N) is 1. The van der Waals surface area contributed by atoms with Gasteiger partial charge in [0.1, 0.15) is 11.6 Å². The Morgan fingerprint density at radius 3 is 2.71 bits per heavy atom. The summed E-state index contributed by atoms with van der Waals surface area (Å²) in [6.45, 7) is 4.18. The van der Waals surface area contributed by atoms with Gasteiger partial charge in [0.2, 0.25) is 0 Å². The highest BCUT2D eigenvalue weighted by molar-refractivity contribution is 9.10. The van der Waals surface area contributed by atoms with Gasteiger partial charge < -0.3 is 5.32 Å². The van der Waals surface area contributed by atoms with Crippen molar-refractivity contribution in [2.24, 2.45) is 0 Å². The molecule has 0 amide bonds. The van der Waals surface area contributed by atoms with Gasteiger partial charge in [0, 0.05) is 28.5 Å². The smallest absolute Gasteiger partial charge is 0.133 e. The zero-order valence-electron chi connectivity index (χ0n) is 12.0. The van der Waals surface area contributed by atoms with E-state index in [0.29, 0.717) is 18.5 Å². The van der Waals surface area contributed by atoms with Crippen LogP contribution in [0.25, 0.3) is 0 Å². The first kappa shape index (κ1) is 16.0. The molecule has 0 saturated carbocycles. The van der Waals surface area contributed by atoms with E-state index in [1.165, 1.54) is 12.1 Å². The maximum Gasteiger partial charge on any atom is 0.133 e. The normalized spacial score (nSPS) is 12.4. The maximum absolute atomic E-state index is 14.3. The Labute approximate surface area is 131 Å². The van der Waals surface area contributed by atoms with Crippen molar-refractivity contribution in [3.05, 3.63) is 63.4 Å². The summed E-state index contributed by atoms with van der Waals surface area (Å²) in [6.07, 6.45) is 3.86. The molecule has 0 aliphatic rings. The second-order valence-electron chi connectivity index (χ2n) is 4.92. The monoisotopic (exact) mass is 354 g/mol. The molecule has 1 unspecified atom stereocenters. The molecule has 2 aromatic rings. The molecule has 0 aliphatic carbocycles. The molecule has 0 saturated heterocycles. The summed E-state index contributed by atoms with van der Waals surface area (Å²) in [6, 6.07) is 4.25. The van der Waals surface area contributed by atoms with Gasteiger partial charge in [0.05, 0.1) is 0 Å². The molecular formula is C16H17BrF2N2. The molecule has 0 fully saturated rings. The van der Waals surface area contributed by atoms with E-state index in [-0.39, 0.29) is 5.56 Å². The first-order valence-electron chi connectivity index (χ1n) is 6.80. The van der Waals surface area contributed by atoms with Crippen LogP contribution in [0.1, 0.15) is 29.7 Å². The van der Waals surface area contributed by atoms with E-state index in [0.717, 1.165) is 10.0 Å². The van der Waals surface area contributed by atoms with Crippen molar-refractivity contribution >= 4 is 15.9 Å². The minimum Gasteiger partial charge on any atom is -0.310 e. The van der Waals surface area contributed by atoms with Crippen LogP contribution in [-0.2, 0) is 6.42 Å². The summed E-state index contributed by atoms with van der Waals surface area (Å²) in [5, 5.41) is 3.15. The largest absolute Gasteiger partial charge is 0.310 e. The van der Waals surface area contributed by atoms with E-state index in [2.05, 4.69) is 26.2 Å². The number of aryl methyl sites for hydroxylation is 1. The van der Waals surface area contributed by atoms with Gasteiger partial charge in [-0.3, -0.25) is 4.98 Å². The molecule has 0 radical (unpaired) electrons. The summed E-state index contributed by atoms with van der Waals surface area (Å²) < 4.78 is 29.2. The first-order valence-corrected chi connectivity index (χ1v) is 7.59. The molecule has 1 atom stereocenters. The van der Waals surface area contributed by atoms with E-state index in [1.807, 2.05) is 13.0 Å². The second-order valence-corrected chi connectivity index (χ2v) is 5.83. The van der Waals surface area contributed by atoms with Crippen LogP contribution in [0.5, 0.6) is 0 Å². The van der Waals surface area contributed by atoms with Crippen molar-refractivity contribution in [1.29, 1.82) is 0 Å². The van der Waals surface area contributed by atoms with Gasteiger partial charge in [0.25, 0.3) is 0 Å². The third-order valence-electron chi connectivity index (χ3n) is 3.32. The highest BCUT2D eigenvalue weighted by Gasteiger charge is 2.21. The Morgan fingerprint density at radius 1 is 1.29 bits per heavy atom. The Hall–Kier alpha value is -1.33. The zero-order valence-corrected chi connectivity index (χ0v) is 13.5. The summed E-state index contributed by atoms with van der Waals surface area (Å²) in [5.74, 6) is -1.00. The number of rotatable bonds is 5. The summed E-state index contributed by atoms with van der Waals surface area (Å²) in [7, 11) is 0. The quantitative estimate of drug-likeness (QED) is 0.864. The third kappa shape index (κ3) is 3.86. The van der Waals surface area contributed by atoms with Crippen LogP contribution in [0.3, 0.4) is 0 Å². The molecule has 2 nitrogen and oxygen atoms in total. The van der Waals surface area contributed by atoms with Gasteiger partial charge in [-0.1, -0.05) is 13.0 Å². The number of aromatic nitrogens is 1. The fraction of sp³-hybridized carbons (Fsp3) is 0.312. The second kappa shape index (κ2) is 7.09. The lowest BCUT2D eigenvalue weighted by atomic mass is 9.97. The molecular weight excluding hydrogens is 338 g/mol. The van der Waals surface area contributed by atoms with Crippen LogP contribution < -0.4 is 5.32 Å². The highest BCUT2D eigenvalue weighted by Crippen LogP contribution is 2.26. The SMILES string of the molecule is CCNC(Cc1cncc(Br)c1)c1c(F)ccc(C)c1F. The predicted molar refractivity (Wildman–Crippen MR) is 83.2 cm³/mol. The van der Waals surface area contributed by atoms with Crippen molar-refractivity contribution in [1.82, 2.24) is 10.3 Å². The van der Waals surface area contributed by atoms with E-state index >= 15 is 0 Å². The number of halogens is 3. The average Bonchev–Trinajstić information content (AvgIpc) is 2.44. The van der Waals surface area contributed by atoms with E-state index in [9.17, 15) is 8.78 Å². The molecule has 1 N–H and O–H groups in total. The lowest BCUT2D eigenvalue weighted by molar-refractivity contribution is 0.470. The minimum absolute atomic E-state index is 0.0943. The predicted octanol–water partition coefficient (Wildman–Crippen LogP) is 4.32. The Bertz CT molecular complexity index is 632. The van der Waals surface area contributed by atoms with Crippen LogP contribution in [0.15, 0.2) is 35.1 Å². The first-order chi connectivity index (χ1) is 10.0. The molecule has 112 valence electrons. The van der Waals surface area contributed by atoms with Gasteiger partial charge in [0.15, 0.2) is 0 Å². The minimum atomic E-state index is -0.521. The molecule has 0 aliphatic heterocycles. The van der Waals surface area contributed by atoms with Crippen LogP contribution in [0.4, 0.5) is 8.78 Å². The molecule has 2 rings (SSSR count). The number of pyridine rings is 1. The molecule has 0 bridgehead atoms. The van der Waals surface area contributed by atoms with Gasteiger partial charge in [-0.25, -0.2) is 8.78 Å². The Balaban J connectivity index is 2.38. The third-order valence-corrected chi connectivity index (χ3v) is 3.75. The van der Waals surface area contributed by atoms with E-state index in [1.54, 1.807) is 19.3 Å². The Morgan fingerprint density at radius 2 is 2.05 bits per heavy atom. The van der Waals surface area contributed by atoms with Crippen LogP contribution in [0.2, 0.25) is 0 Å². The summed E-state index contributed by atoms with van der Waals surface area (Å²) in [4.78, 5) is 4.09. The number of hydrogen-bond donors (Lipinski definition) is 1. The maximum atomic E-state index is 14.3. The zero-order chi connectivity index (χ0) is 15.4. The van der Waals surface area contributed by atoms with Gasteiger partial charge in [-0.15, -0.1) is 0 Å². The van der Waals surface area contributed by atoms with Crippen molar-refractivity contribution < 1.29 is 8.78 Å². The molecule has 1 aromatic carbocycles. The molecule has 0 spiro atoms. The molecule has 1 aromatic heterocycles. The topological polar surface area (TPSA) is 24.9 Å². The van der Waals surface area contributed by atoms with E-state index in [4.69, 9.17) is 0 Å². The lowest BCUT2D eigenvalue weighted by Gasteiger charge is -2.20. The van der Waals surface area contributed by atoms with Gasteiger partial charge >= 0.3 is 0 Å². The number of likely N-dealkylation sites (N-methyl/N-ethyl adjacent to an activating group) is 1. The van der Waals surface area contributed by atoms with Gasteiger partial charge in [-0.2, -0.15) is 0 Å². The van der Waals surface area contributed by atoms with Crippen molar-refractivity contribution in [3.63, 3.8) is 0 Å². The fourth-order valence-electron chi connectivity index (χ4n) is 2.32. The molecule has 5 heteroatoms. The van der Waals surface area contributed by atoms with Crippen molar-refractivity contribution in [2.45, 2.75) is 26.3 Å². The fourth-order valence-corrected chi connectivity index (χ4v) is 2.74.